The Morgan fingerprint density at radius 2 is 1.65 bits per heavy atom. The quantitative estimate of drug-likeness (QED) is 0.327. The van der Waals surface area contributed by atoms with Crippen LogP contribution in [0.25, 0.3) is 11.3 Å². The molecule has 0 spiro atoms. The standard InChI is InChI=1S/C26H24F5N3O2S/c1-16(2)34(37(35,36)26(29,30)31)15-17-6-11-22(32-14-17)18-7-9-19(10-8-18)23-12-13-24(33-23)25-20(27)4-3-5-21(25)28/h3-11,14,16,23H,12-13,15H2,1-2H3. The Morgan fingerprint density at radius 3 is 2.19 bits per heavy atom. The maximum Gasteiger partial charge on any atom is 0.511 e. The topological polar surface area (TPSA) is 62.6 Å². The molecule has 0 fully saturated rings. The summed E-state index contributed by atoms with van der Waals surface area (Å²) in [4.78, 5) is 8.82. The first-order valence-electron chi connectivity index (χ1n) is 11.5. The highest BCUT2D eigenvalue weighted by Gasteiger charge is 2.50. The van der Waals surface area contributed by atoms with Crippen molar-refractivity contribution in [3.8, 4) is 11.3 Å². The molecule has 37 heavy (non-hydrogen) atoms. The molecule has 0 N–H and O–H groups in total. The molecule has 2 heterocycles. The Bertz CT molecular complexity index is 1380. The van der Waals surface area contributed by atoms with E-state index >= 15 is 0 Å². The molecule has 0 saturated heterocycles. The number of halogens is 5. The van der Waals surface area contributed by atoms with E-state index in [1.807, 2.05) is 24.3 Å². The monoisotopic (exact) mass is 537 g/mol. The minimum absolute atomic E-state index is 0.0926. The van der Waals surface area contributed by atoms with Crippen LogP contribution in [0.4, 0.5) is 22.0 Å². The average molecular weight is 538 g/mol. The van der Waals surface area contributed by atoms with E-state index in [9.17, 15) is 30.4 Å². The van der Waals surface area contributed by atoms with Gasteiger partial charge in [0, 0.05) is 30.1 Å². The second-order valence-electron chi connectivity index (χ2n) is 8.99. The van der Waals surface area contributed by atoms with Gasteiger partial charge in [-0.3, -0.25) is 9.98 Å². The van der Waals surface area contributed by atoms with Crippen molar-refractivity contribution in [2.45, 2.75) is 50.8 Å². The van der Waals surface area contributed by atoms with E-state index in [0.717, 1.165) is 11.1 Å². The maximum atomic E-state index is 14.1. The zero-order valence-electron chi connectivity index (χ0n) is 20.0. The summed E-state index contributed by atoms with van der Waals surface area (Å²) in [5.74, 6) is -1.28. The molecule has 0 aliphatic carbocycles. The highest BCUT2D eigenvalue weighted by Crippen LogP contribution is 2.34. The number of sulfonamides is 1. The van der Waals surface area contributed by atoms with Crippen molar-refractivity contribution in [1.82, 2.24) is 9.29 Å². The zero-order chi connectivity index (χ0) is 27.0. The van der Waals surface area contributed by atoms with Crippen molar-refractivity contribution in [3.05, 3.63) is 89.1 Å². The van der Waals surface area contributed by atoms with Crippen LogP contribution in [0.15, 0.2) is 65.8 Å². The van der Waals surface area contributed by atoms with Crippen LogP contribution in [0.2, 0.25) is 0 Å². The summed E-state index contributed by atoms with van der Waals surface area (Å²) in [6.07, 6.45) is 2.41. The van der Waals surface area contributed by atoms with Crippen molar-refractivity contribution in [2.75, 3.05) is 0 Å². The van der Waals surface area contributed by atoms with Crippen LogP contribution >= 0.6 is 0 Å². The predicted molar refractivity (Wildman–Crippen MR) is 130 cm³/mol. The van der Waals surface area contributed by atoms with E-state index in [4.69, 9.17) is 0 Å². The molecule has 1 atom stereocenters. The summed E-state index contributed by atoms with van der Waals surface area (Å²) >= 11 is 0. The summed E-state index contributed by atoms with van der Waals surface area (Å²) in [5.41, 5.74) is -2.61. The lowest BCUT2D eigenvalue weighted by Gasteiger charge is -2.26. The number of aromatic nitrogens is 1. The Kier molecular flexibility index (Phi) is 7.48. The Morgan fingerprint density at radius 1 is 1.00 bits per heavy atom. The summed E-state index contributed by atoms with van der Waals surface area (Å²) in [5, 5.41) is 0. The van der Waals surface area contributed by atoms with Gasteiger partial charge in [-0.1, -0.05) is 36.4 Å². The molecular weight excluding hydrogens is 513 g/mol. The van der Waals surface area contributed by atoms with Crippen LogP contribution in [0.3, 0.4) is 0 Å². The summed E-state index contributed by atoms with van der Waals surface area (Å²) in [6, 6.07) is 13.0. The molecule has 3 aromatic rings. The van der Waals surface area contributed by atoms with E-state index < -0.39 is 39.8 Å². The number of alkyl halides is 3. The van der Waals surface area contributed by atoms with E-state index in [2.05, 4.69) is 9.98 Å². The molecule has 1 aromatic heterocycles. The van der Waals surface area contributed by atoms with Gasteiger partial charge in [0.15, 0.2) is 0 Å². The minimum atomic E-state index is -5.48. The zero-order valence-corrected chi connectivity index (χ0v) is 20.8. The Labute approximate surface area is 211 Å². The van der Waals surface area contributed by atoms with Gasteiger partial charge in [0.05, 0.1) is 17.3 Å². The van der Waals surface area contributed by atoms with Crippen molar-refractivity contribution < 1.29 is 30.4 Å². The highest BCUT2D eigenvalue weighted by molar-refractivity contribution is 7.90. The van der Waals surface area contributed by atoms with Crippen LogP contribution in [0.5, 0.6) is 0 Å². The average Bonchev–Trinajstić information content (AvgIpc) is 3.31. The summed E-state index contributed by atoms with van der Waals surface area (Å²) in [7, 11) is -5.48. The van der Waals surface area contributed by atoms with Crippen molar-refractivity contribution in [1.29, 1.82) is 0 Å². The van der Waals surface area contributed by atoms with Gasteiger partial charge >= 0.3 is 15.5 Å². The van der Waals surface area contributed by atoms with Crippen molar-refractivity contribution in [3.63, 3.8) is 0 Å². The van der Waals surface area contributed by atoms with E-state index in [0.29, 0.717) is 34.1 Å². The molecule has 4 rings (SSSR count). The minimum Gasteiger partial charge on any atom is -0.281 e. The second-order valence-corrected chi connectivity index (χ2v) is 10.9. The predicted octanol–water partition coefficient (Wildman–Crippen LogP) is 6.41. The fourth-order valence-corrected chi connectivity index (χ4v) is 5.36. The van der Waals surface area contributed by atoms with Crippen LogP contribution < -0.4 is 0 Å². The normalized spacial score (nSPS) is 16.5. The number of hydrogen-bond acceptors (Lipinski definition) is 4. The fraction of sp³-hybridized carbons (Fsp3) is 0.308. The molecule has 1 aliphatic rings. The first-order valence-corrected chi connectivity index (χ1v) is 13.0. The molecule has 0 amide bonds. The molecule has 1 unspecified atom stereocenters. The van der Waals surface area contributed by atoms with Crippen LogP contribution in [0, 0.1) is 11.6 Å². The lowest BCUT2D eigenvalue weighted by molar-refractivity contribution is -0.0500. The molecule has 0 radical (unpaired) electrons. The molecule has 5 nitrogen and oxygen atoms in total. The van der Waals surface area contributed by atoms with Gasteiger partial charge in [0.25, 0.3) is 0 Å². The Balaban J connectivity index is 1.49. The first kappa shape index (κ1) is 26.9. The molecule has 2 aromatic carbocycles. The van der Waals surface area contributed by atoms with Gasteiger partial charge in [-0.25, -0.2) is 17.2 Å². The molecular formula is C26H24F5N3O2S. The van der Waals surface area contributed by atoms with E-state index in [-0.39, 0.29) is 11.6 Å². The third-order valence-electron chi connectivity index (χ3n) is 6.15. The van der Waals surface area contributed by atoms with Crippen LogP contribution in [-0.2, 0) is 16.6 Å². The molecule has 0 bridgehead atoms. The summed E-state index contributed by atoms with van der Waals surface area (Å²) in [6.45, 7) is 2.28. The van der Waals surface area contributed by atoms with Crippen molar-refractivity contribution >= 4 is 15.7 Å². The molecule has 1 aliphatic heterocycles. The number of nitrogens with zero attached hydrogens (tertiary/aromatic N) is 3. The maximum absolute atomic E-state index is 14.1. The molecule has 196 valence electrons. The molecule has 0 saturated carbocycles. The van der Waals surface area contributed by atoms with Gasteiger partial charge in [-0.2, -0.15) is 17.5 Å². The number of rotatable bonds is 7. The number of aliphatic imine (C=N–C) groups is 1. The van der Waals surface area contributed by atoms with Crippen LogP contribution in [-0.4, -0.2) is 35.0 Å². The second kappa shape index (κ2) is 10.3. The third kappa shape index (κ3) is 5.57. The van der Waals surface area contributed by atoms with E-state index in [1.54, 1.807) is 6.07 Å². The van der Waals surface area contributed by atoms with Gasteiger partial charge in [-0.15, -0.1) is 0 Å². The smallest absolute Gasteiger partial charge is 0.281 e. The van der Waals surface area contributed by atoms with Gasteiger partial charge in [-0.05, 0) is 56.0 Å². The lowest BCUT2D eigenvalue weighted by Crippen LogP contribution is -2.44. The number of pyridine rings is 1. The Hall–Kier alpha value is -3.18. The van der Waals surface area contributed by atoms with Crippen LogP contribution in [0.1, 0.15) is 49.4 Å². The van der Waals surface area contributed by atoms with Gasteiger partial charge in [0.1, 0.15) is 11.6 Å². The number of hydrogen-bond donors (Lipinski definition) is 0. The first-order chi connectivity index (χ1) is 17.4. The van der Waals surface area contributed by atoms with Gasteiger partial charge < -0.3 is 0 Å². The highest BCUT2D eigenvalue weighted by atomic mass is 32.2. The largest absolute Gasteiger partial charge is 0.511 e. The SMILES string of the molecule is CC(C)N(Cc1ccc(-c2ccc(C3CCC(c4c(F)cccc4F)=N3)cc2)nc1)S(=O)(=O)C(F)(F)F. The fourth-order valence-electron chi connectivity index (χ4n) is 4.22. The molecule has 11 heteroatoms. The third-order valence-corrected chi connectivity index (χ3v) is 7.90. The van der Waals surface area contributed by atoms with Gasteiger partial charge in [0.2, 0.25) is 0 Å². The van der Waals surface area contributed by atoms with Crippen molar-refractivity contribution in [2.24, 2.45) is 4.99 Å². The van der Waals surface area contributed by atoms with E-state index in [1.165, 1.54) is 44.3 Å². The lowest BCUT2D eigenvalue weighted by atomic mass is 10.0. The number of benzene rings is 2. The summed E-state index contributed by atoms with van der Waals surface area (Å²) < 4.78 is 91.5.